The van der Waals surface area contributed by atoms with Gasteiger partial charge in [0.15, 0.2) is 0 Å². The summed E-state index contributed by atoms with van der Waals surface area (Å²) in [5.41, 5.74) is 2.12. The molecule has 4 aliphatic rings. The fourth-order valence-corrected chi connectivity index (χ4v) is 6.72. The first kappa shape index (κ1) is 23.9. The number of rotatable bonds is 6. The van der Waals surface area contributed by atoms with E-state index in [2.05, 4.69) is 24.2 Å². The summed E-state index contributed by atoms with van der Waals surface area (Å²) < 4.78 is 13.8. The van der Waals surface area contributed by atoms with E-state index in [1.165, 1.54) is 31.4 Å². The first-order chi connectivity index (χ1) is 16.2. The van der Waals surface area contributed by atoms with Crippen molar-refractivity contribution in [2.45, 2.75) is 39.7 Å². The van der Waals surface area contributed by atoms with Crippen LogP contribution >= 0.6 is 23.2 Å². The minimum Gasteiger partial charge on any atom is -0.355 e. The van der Waals surface area contributed by atoms with Crippen LogP contribution in [0.1, 0.15) is 38.7 Å². The van der Waals surface area contributed by atoms with E-state index in [-0.39, 0.29) is 17.6 Å². The smallest absolute Gasteiger partial charge is 0.226 e. The molecule has 0 spiro atoms. The fraction of sp³-hybridized carbons (Fsp3) is 0.519. The molecule has 1 heterocycles. The monoisotopic (exact) mass is 503 g/mol. The number of carbonyl (C=O) groups excluding carboxylic acids is 1. The normalized spacial score (nSPS) is 28.0. The van der Waals surface area contributed by atoms with Crippen LogP contribution in [-0.4, -0.2) is 30.6 Å². The number of carbonyl (C=O) groups is 1. The van der Waals surface area contributed by atoms with Crippen molar-refractivity contribution in [3.8, 4) is 0 Å². The van der Waals surface area contributed by atoms with Crippen LogP contribution in [0.4, 0.5) is 10.1 Å². The summed E-state index contributed by atoms with van der Waals surface area (Å²) >= 11 is 12.6. The van der Waals surface area contributed by atoms with E-state index in [4.69, 9.17) is 23.2 Å². The number of nitrogens with one attached hydrogen (secondary N) is 1. The van der Waals surface area contributed by atoms with Crippen LogP contribution in [0.2, 0.25) is 10.0 Å². The lowest BCUT2D eigenvalue weighted by Crippen LogP contribution is -2.52. The van der Waals surface area contributed by atoms with Crippen LogP contribution in [0.25, 0.3) is 0 Å². The zero-order chi connectivity index (χ0) is 24.0. The number of fused-ring (bicyclic) bond motifs is 2. The standard InChI is InChI=1S/C27H32Cl2FN3O/c1-27(2)20-8-18(9-21(27)11-20)13-31-26(34)19-15-32(14-17-4-3-5-23(30)10-17)33(16-19)25-7-6-22(28)12-24(25)29/h3-7,10,12,18-21H,8-9,11,13-16H2,1-2H3,(H,31,34). The predicted octanol–water partition coefficient (Wildman–Crippen LogP) is 6.17. The topological polar surface area (TPSA) is 35.6 Å². The second kappa shape index (κ2) is 9.33. The Bertz CT molecular complexity index is 1060. The number of nitrogens with zero attached hydrogens (tertiary/aromatic N) is 2. The first-order valence-corrected chi connectivity index (χ1v) is 13.0. The Balaban J connectivity index is 1.27. The van der Waals surface area contributed by atoms with Gasteiger partial charge in [0.25, 0.3) is 0 Å². The summed E-state index contributed by atoms with van der Waals surface area (Å²) in [6.07, 6.45) is 3.78. The van der Waals surface area contributed by atoms with Crippen molar-refractivity contribution in [3.05, 3.63) is 63.9 Å². The lowest BCUT2D eigenvalue weighted by atomic mass is 9.47. The zero-order valence-corrected chi connectivity index (χ0v) is 21.2. The molecule has 0 aromatic heterocycles. The maximum absolute atomic E-state index is 13.8. The second-order valence-electron chi connectivity index (χ2n) is 10.9. The second-order valence-corrected chi connectivity index (χ2v) is 11.7. The van der Waals surface area contributed by atoms with Crippen LogP contribution in [0.3, 0.4) is 0 Å². The van der Waals surface area contributed by atoms with E-state index in [0.717, 1.165) is 29.6 Å². The molecule has 2 aromatic carbocycles. The summed E-state index contributed by atoms with van der Waals surface area (Å²) in [4.78, 5) is 13.2. The molecule has 2 aromatic rings. The Kier molecular flexibility index (Phi) is 6.56. The number of anilines is 1. The van der Waals surface area contributed by atoms with Crippen LogP contribution in [0.15, 0.2) is 42.5 Å². The molecule has 1 saturated heterocycles. The molecule has 3 atom stereocenters. The molecule has 0 radical (unpaired) electrons. The SMILES string of the molecule is CC1(C)C2CC(CNC(=O)C3CN(Cc4cccc(F)c4)N(c4ccc(Cl)cc4Cl)C3)CC1C2. The van der Waals surface area contributed by atoms with Gasteiger partial charge in [-0.25, -0.2) is 9.40 Å². The summed E-state index contributed by atoms with van der Waals surface area (Å²) in [5, 5.41) is 8.45. The molecular weight excluding hydrogens is 472 g/mol. The van der Waals surface area contributed by atoms with E-state index < -0.39 is 0 Å². The van der Waals surface area contributed by atoms with Gasteiger partial charge in [0, 0.05) is 31.2 Å². The maximum atomic E-state index is 13.8. The van der Waals surface area contributed by atoms with Gasteiger partial charge in [-0.05, 0) is 78.3 Å². The molecule has 3 saturated carbocycles. The number of hydrogen-bond acceptors (Lipinski definition) is 3. The van der Waals surface area contributed by atoms with Crippen molar-refractivity contribution >= 4 is 34.8 Å². The van der Waals surface area contributed by atoms with Gasteiger partial charge in [0.1, 0.15) is 5.82 Å². The predicted molar refractivity (Wildman–Crippen MR) is 135 cm³/mol. The number of halogens is 3. The van der Waals surface area contributed by atoms with Crippen LogP contribution in [0, 0.1) is 34.9 Å². The lowest BCUT2D eigenvalue weighted by molar-refractivity contribution is -0.125. The Morgan fingerprint density at radius 3 is 2.53 bits per heavy atom. The van der Waals surface area contributed by atoms with Crippen molar-refractivity contribution in [2.24, 2.45) is 29.1 Å². The largest absolute Gasteiger partial charge is 0.355 e. The zero-order valence-electron chi connectivity index (χ0n) is 19.7. The molecule has 2 bridgehead atoms. The molecule has 182 valence electrons. The molecule has 1 amide bonds. The van der Waals surface area contributed by atoms with Crippen molar-refractivity contribution in [1.29, 1.82) is 0 Å². The van der Waals surface area contributed by atoms with E-state index in [1.54, 1.807) is 18.2 Å². The Hall–Kier alpha value is -1.82. The minimum atomic E-state index is -0.268. The first-order valence-electron chi connectivity index (χ1n) is 12.2. The molecule has 3 unspecified atom stereocenters. The van der Waals surface area contributed by atoms with Gasteiger partial charge in [0.2, 0.25) is 5.91 Å². The highest BCUT2D eigenvalue weighted by Gasteiger charge is 2.52. The molecule has 4 fully saturated rings. The number of amides is 1. The molecule has 34 heavy (non-hydrogen) atoms. The Morgan fingerprint density at radius 2 is 1.85 bits per heavy atom. The third-order valence-corrected chi connectivity index (χ3v) is 8.99. The van der Waals surface area contributed by atoms with Crippen LogP contribution in [0.5, 0.6) is 0 Å². The Labute approximate surface area is 211 Å². The Morgan fingerprint density at radius 1 is 1.09 bits per heavy atom. The fourth-order valence-electron chi connectivity index (χ4n) is 6.22. The number of hydrogen-bond donors (Lipinski definition) is 1. The van der Waals surface area contributed by atoms with Crippen molar-refractivity contribution in [3.63, 3.8) is 0 Å². The van der Waals surface area contributed by atoms with Gasteiger partial charge in [-0.2, -0.15) is 0 Å². The molecule has 1 aliphatic heterocycles. The van der Waals surface area contributed by atoms with Crippen molar-refractivity contribution < 1.29 is 9.18 Å². The van der Waals surface area contributed by atoms with E-state index in [9.17, 15) is 9.18 Å². The maximum Gasteiger partial charge on any atom is 0.226 e. The van der Waals surface area contributed by atoms with Crippen molar-refractivity contribution in [1.82, 2.24) is 10.3 Å². The number of hydrazine groups is 1. The van der Waals surface area contributed by atoms with Gasteiger partial charge in [0.05, 0.1) is 16.6 Å². The molecule has 6 rings (SSSR count). The minimum absolute atomic E-state index is 0.0790. The highest BCUT2D eigenvalue weighted by molar-refractivity contribution is 6.36. The van der Waals surface area contributed by atoms with E-state index in [1.807, 2.05) is 17.1 Å². The third-order valence-electron chi connectivity index (χ3n) is 8.45. The van der Waals surface area contributed by atoms with Gasteiger partial charge in [-0.1, -0.05) is 49.2 Å². The molecular formula is C27H32Cl2FN3O. The molecule has 3 aliphatic carbocycles. The quantitative estimate of drug-likeness (QED) is 0.511. The van der Waals surface area contributed by atoms with Gasteiger partial charge < -0.3 is 10.3 Å². The van der Waals surface area contributed by atoms with Crippen LogP contribution in [-0.2, 0) is 11.3 Å². The van der Waals surface area contributed by atoms with E-state index >= 15 is 0 Å². The summed E-state index contributed by atoms with van der Waals surface area (Å²) in [7, 11) is 0. The number of benzene rings is 2. The van der Waals surface area contributed by atoms with Gasteiger partial charge in [-0.3, -0.25) is 4.79 Å². The highest BCUT2D eigenvalue weighted by Crippen LogP contribution is 2.60. The summed E-state index contributed by atoms with van der Waals surface area (Å²) in [6, 6.07) is 12.0. The third kappa shape index (κ3) is 4.67. The van der Waals surface area contributed by atoms with Gasteiger partial charge in [-0.15, -0.1) is 0 Å². The molecule has 7 heteroatoms. The van der Waals surface area contributed by atoms with Crippen molar-refractivity contribution in [2.75, 3.05) is 24.6 Å². The summed E-state index contributed by atoms with van der Waals surface area (Å²) in [5.74, 6) is 1.78. The highest BCUT2D eigenvalue weighted by atomic mass is 35.5. The molecule has 1 N–H and O–H groups in total. The lowest BCUT2D eigenvalue weighted by Gasteiger charge is -2.59. The average molecular weight is 504 g/mol. The average Bonchev–Trinajstić information content (AvgIpc) is 3.21. The summed E-state index contributed by atoms with van der Waals surface area (Å²) in [6.45, 7) is 7.09. The van der Waals surface area contributed by atoms with E-state index in [0.29, 0.717) is 41.0 Å². The van der Waals surface area contributed by atoms with Gasteiger partial charge >= 0.3 is 0 Å². The van der Waals surface area contributed by atoms with Crippen LogP contribution < -0.4 is 10.3 Å². The molecule has 4 nitrogen and oxygen atoms in total.